The maximum atomic E-state index is 12.0. The number of anilines is 1. The Morgan fingerprint density at radius 2 is 1.81 bits per heavy atom. The van der Waals surface area contributed by atoms with E-state index < -0.39 is 0 Å². The van der Waals surface area contributed by atoms with E-state index in [0.29, 0.717) is 22.2 Å². The Balaban J connectivity index is 1.98. The summed E-state index contributed by atoms with van der Waals surface area (Å²) >= 11 is 11.9. The number of nitrogens with two attached hydrogens (primary N) is 1. The molecule has 2 aromatic carbocycles. The van der Waals surface area contributed by atoms with Crippen molar-refractivity contribution in [1.29, 1.82) is 0 Å². The van der Waals surface area contributed by atoms with Crippen molar-refractivity contribution in [2.45, 2.75) is 19.4 Å². The van der Waals surface area contributed by atoms with Crippen LogP contribution in [0.4, 0.5) is 5.69 Å². The molecule has 0 aliphatic carbocycles. The van der Waals surface area contributed by atoms with Gasteiger partial charge in [-0.15, -0.1) is 0 Å². The number of carbonyl (C=O) groups is 1. The Labute approximate surface area is 134 Å². The van der Waals surface area contributed by atoms with Gasteiger partial charge in [-0.2, -0.15) is 0 Å². The maximum Gasteiger partial charge on any atom is 0.224 e. The molecule has 110 valence electrons. The average molecular weight is 323 g/mol. The normalized spacial score (nSPS) is 12.0. The second-order valence-corrected chi connectivity index (χ2v) is 5.70. The van der Waals surface area contributed by atoms with Gasteiger partial charge in [-0.05, 0) is 42.3 Å². The molecule has 0 aliphatic rings. The number of benzene rings is 2. The molecule has 3 N–H and O–H groups in total. The topological polar surface area (TPSA) is 55.1 Å². The van der Waals surface area contributed by atoms with Gasteiger partial charge in [0, 0.05) is 5.69 Å². The first-order valence-corrected chi connectivity index (χ1v) is 7.30. The molecule has 0 spiro atoms. The number of nitrogen functional groups attached to an aromatic ring is 1. The van der Waals surface area contributed by atoms with Gasteiger partial charge < -0.3 is 11.1 Å². The summed E-state index contributed by atoms with van der Waals surface area (Å²) in [7, 11) is 0. The fourth-order valence-corrected chi connectivity index (χ4v) is 2.28. The van der Waals surface area contributed by atoms with Gasteiger partial charge in [0.25, 0.3) is 0 Å². The molecule has 5 heteroatoms. The van der Waals surface area contributed by atoms with Gasteiger partial charge in [0.1, 0.15) is 0 Å². The number of nitrogens with one attached hydrogen (secondary N) is 1. The molecule has 3 nitrogen and oxygen atoms in total. The van der Waals surface area contributed by atoms with E-state index in [0.717, 1.165) is 11.1 Å². The molecule has 2 rings (SSSR count). The van der Waals surface area contributed by atoms with E-state index in [1.807, 2.05) is 25.1 Å². The van der Waals surface area contributed by atoms with Crippen LogP contribution in [-0.2, 0) is 11.2 Å². The fourth-order valence-electron chi connectivity index (χ4n) is 1.98. The van der Waals surface area contributed by atoms with Crippen molar-refractivity contribution in [2.24, 2.45) is 0 Å². The van der Waals surface area contributed by atoms with E-state index in [-0.39, 0.29) is 11.9 Å². The summed E-state index contributed by atoms with van der Waals surface area (Å²) in [5, 5.41) is 3.92. The minimum atomic E-state index is -0.138. The third-order valence-electron chi connectivity index (χ3n) is 3.17. The van der Waals surface area contributed by atoms with Crippen molar-refractivity contribution < 1.29 is 4.79 Å². The van der Waals surface area contributed by atoms with Crippen LogP contribution in [0.5, 0.6) is 0 Å². The van der Waals surface area contributed by atoms with Gasteiger partial charge in [0.2, 0.25) is 5.91 Å². The fraction of sp³-hybridized carbons (Fsp3) is 0.188. The summed E-state index contributed by atoms with van der Waals surface area (Å²) in [6, 6.07) is 12.5. The minimum Gasteiger partial charge on any atom is -0.399 e. The zero-order valence-electron chi connectivity index (χ0n) is 11.6. The molecule has 1 atom stereocenters. The second kappa shape index (κ2) is 6.83. The van der Waals surface area contributed by atoms with E-state index in [4.69, 9.17) is 28.9 Å². The SMILES string of the molecule is CC(NC(=O)Cc1ccc(N)cc1)c1ccc(Cl)c(Cl)c1. The van der Waals surface area contributed by atoms with Crippen molar-refractivity contribution >= 4 is 34.8 Å². The molecule has 1 unspecified atom stereocenters. The smallest absolute Gasteiger partial charge is 0.224 e. The highest BCUT2D eigenvalue weighted by Crippen LogP contribution is 2.25. The zero-order valence-corrected chi connectivity index (χ0v) is 13.1. The predicted molar refractivity (Wildman–Crippen MR) is 87.6 cm³/mol. The molecule has 2 aromatic rings. The molecule has 1 amide bonds. The van der Waals surface area contributed by atoms with Gasteiger partial charge in [-0.3, -0.25) is 4.79 Å². The minimum absolute atomic E-state index is 0.0571. The Bertz CT molecular complexity index is 641. The Morgan fingerprint density at radius 1 is 1.14 bits per heavy atom. The van der Waals surface area contributed by atoms with Crippen molar-refractivity contribution in [3.8, 4) is 0 Å². The largest absolute Gasteiger partial charge is 0.399 e. The van der Waals surface area contributed by atoms with E-state index >= 15 is 0 Å². The van der Waals surface area contributed by atoms with Crippen LogP contribution in [-0.4, -0.2) is 5.91 Å². The van der Waals surface area contributed by atoms with E-state index in [9.17, 15) is 4.79 Å². The molecule has 21 heavy (non-hydrogen) atoms. The van der Waals surface area contributed by atoms with Crippen LogP contribution in [0.2, 0.25) is 10.0 Å². The number of carbonyl (C=O) groups excluding carboxylic acids is 1. The molecule has 0 saturated carbocycles. The molecular weight excluding hydrogens is 307 g/mol. The predicted octanol–water partition coefficient (Wildman–Crippen LogP) is 4.00. The van der Waals surface area contributed by atoms with E-state index in [1.54, 1.807) is 24.3 Å². The number of amides is 1. The first kappa shape index (κ1) is 15.7. The van der Waals surface area contributed by atoms with E-state index in [1.165, 1.54) is 0 Å². The maximum absolute atomic E-state index is 12.0. The first-order valence-electron chi connectivity index (χ1n) is 6.54. The second-order valence-electron chi connectivity index (χ2n) is 4.88. The molecule has 0 aromatic heterocycles. The highest BCUT2D eigenvalue weighted by atomic mass is 35.5. The molecular formula is C16H16Cl2N2O. The third kappa shape index (κ3) is 4.38. The van der Waals surface area contributed by atoms with Gasteiger partial charge in [0.05, 0.1) is 22.5 Å². The summed E-state index contributed by atoms with van der Waals surface area (Å²) in [6.07, 6.45) is 0.311. The van der Waals surface area contributed by atoms with Gasteiger partial charge in [-0.1, -0.05) is 41.4 Å². The van der Waals surface area contributed by atoms with Crippen molar-refractivity contribution in [1.82, 2.24) is 5.32 Å². The van der Waals surface area contributed by atoms with Crippen molar-refractivity contribution in [2.75, 3.05) is 5.73 Å². The van der Waals surface area contributed by atoms with E-state index in [2.05, 4.69) is 5.32 Å². The lowest BCUT2D eigenvalue weighted by Crippen LogP contribution is -2.28. The molecule has 0 heterocycles. The molecule has 0 saturated heterocycles. The number of hydrogen-bond acceptors (Lipinski definition) is 2. The van der Waals surface area contributed by atoms with Crippen molar-refractivity contribution in [3.05, 3.63) is 63.6 Å². The zero-order chi connectivity index (χ0) is 15.4. The van der Waals surface area contributed by atoms with Crippen LogP contribution in [0, 0.1) is 0 Å². The number of rotatable bonds is 4. The van der Waals surface area contributed by atoms with Crippen LogP contribution in [0.15, 0.2) is 42.5 Å². The lowest BCUT2D eigenvalue weighted by atomic mass is 10.1. The summed E-state index contributed by atoms with van der Waals surface area (Å²) < 4.78 is 0. The average Bonchev–Trinajstić information content (AvgIpc) is 2.44. The third-order valence-corrected chi connectivity index (χ3v) is 3.90. The Kier molecular flexibility index (Phi) is 5.10. The standard InChI is InChI=1S/C16H16Cl2N2O/c1-10(12-4-7-14(17)15(18)9-12)20-16(21)8-11-2-5-13(19)6-3-11/h2-7,9-10H,8,19H2,1H3,(H,20,21). The van der Waals surface area contributed by atoms with Gasteiger partial charge >= 0.3 is 0 Å². The van der Waals surface area contributed by atoms with Crippen LogP contribution < -0.4 is 11.1 Å². The molecule has 0 aliphatic heterocycles. The molecule has 0 radical (unpaired) electrons. The summed E-state index contributed by atoms with van der Waals surface area (Å²) in [6.45, 7) is 1.90. The van der Waals surface area contributed by atoms with Crippen LogP contribution in [0.25, 0.3) is 0 Å². The molecule has 0 bridgehead atoms. The lowest BCUT2D eigenvalue weighted by Gasteiger charge is -2.15. The quantitative estimate of drug-likeness (QED) is 0.836. The Morgan fingerprint density at radius 3 is 2.43 bits per heavy atom. The number of hydrogen-bond donors (Lipinski definition) is 2. The summed E-state index contributed by atoms with van der Waals surface area (Å²) in [5.74, 6) is -0.0571. The lowest BCUT2D eigenvalue weighted by molar-refractivity contribution is -0.121. The number of halogens is 2. The highest BCUT2D eigenvalue weighted by molar-refractivity contribution is 6.42. The van der Waals surface area contributed by atoms with Crippen LogP contribution in [0.1, 0.15) is 24.1 Å². The van der Waals surface area contributed by atoms with Crippen molar-refractivity contribution in [3.63, 3.8) is 0 Å². The van der Waals surface area contributed by atoms with Crippen LogP contribution >= 0.6 is 23.2 Å². The summed E-state index contributed by atoms with van der Waals surface area (Å²) in [5.41, 5.74) is 8.13. The van der Waals surface area contributed by atoms with Gasteiger partial charge in [-0.25, -0.2) is 0 Å². The van der Waals surface area contributed by atoms with Gasteiger partial charge in [0.15, 0.2) is 0 Å². The monoisotopic (exact) mass is 322 g/mol. The van der Waals surface area contributed by atoms with Crippen LogP contribution in [0.3, 0.4) is 0 Å². The Hall–Kier alpha value is -1.71. The summed E-state index contributed by atoms with van der Waals surface area (Å²) in [4.78, 5) is 12.0. The first-order chi connectivity index (χ1) is 9.95. The highest BCUT2D eigenvalue weighted by Gasteiger charge is 2.11. The molecule has 0 fully saturated rings.